The normalized spacial score (nSPS) is 15.9. The van der Waals surface area contributed by atoms with Gasteiger partial charge in [-0.1, -0.05) is 65.1 Å². The fourth-order valence-corrected chi connectivity index (χ4v) is 3.80. The van der Waals surface area contributed by atoms with Crippen molar-refractivity contribution in [3.05, 3.63) is 80.1 Å². The van der Waals surface area contributed by atoms with Gasteiger partial charge in [0.2, 0.25) is 12.1 Å². The molecule has 0 bridgehead atoms. The molecule has 4 rings (SSSR count). The number of rotatable bonds is 3. The second-order valence-corrected chi connectivity index (χ2v) is 7.77. The molecule has 11 heteroatoms. The first-order valence-electron chi connectivity index (χ1n) is 8.87. The van der Waals surface area contributed by atoms with Crippen molar-refractivity contribution in [2.24, 2.45) is 4.99 Å². The summed E-state index contributed by atoms with van der Waals surface area (Å²) in [6.45, 7) is 0. The number of nitriles is 1. The van der Waals surface area contributed by atoms with E-state index in [1.807, 2.05) is 30.3 Å². The SMILES string of the molecule is N#CN=c1nc2c(nn1-c1cc(Cl)c(Cl)cc1Cl)C(=O)NC(=O)C2Cc1ccccc1. The van der Waals surface area contributed by atoms with Crippen LogP contribution in [-0.2, 0) is 11.2 Å². The third-order valence-electron chi connectivity index (χ3n) is 4.60. The fourth-order valence-electron chi connectivity index (χ4n) is 3.18. The number of amides is 2. The van der Waals surface area contributed by atoms with Crippen LogP contribution in [0, 0.1) is 11.5 Å². The topological polar surface area (TPSA) is 113 Å². The number of imide groups is 1. The highest BCUT2D eigenvalue weighted by molar-refractivity contribution is 6.43. The minimum absolute atomic E-state index is 0.0837. The van der Waals surface area contributed by atoms with E-state index in [0.717, 1.165) is 10.2 Å². The maximum Gasteiger partial charge on any atom is 0.280 e. The number of benzene rings is 2. The van der Waals surface area contributed by atoms with Gasteiger partial charge in [-0.25, -0.2) is 4.98 Å². The van der Waals surface area contributed by atoms with Gasteiger partial charge in [0.15, 0.2) is 5.69 Å². The van der Waals surface area contributed by atoms with E-state index in [4.69, 9.17) is 40.1 Å². The average molecular weight is 474 g/mol. The summed E-state index contributed by atoms with van der Waals surface area (Å²) in [5.74, 6) is -2.02. The zero-order valence-electron chi connectivity index (χ0n) is 15.5. The van der Waals surface area contributed by atoms with Gasteiger partial charge in [-0.15, -0.1) is 4.99 Å². The van der Waals surface area contributed by atoms with Crippen LogP contribution in [-0.4, -0.2) is 26.6 Å². The highest BCUT2D eigenvalue weighted by Gasteiger charge is 2.36. The molecule has 0 radical (unpaired) electrons. The zero-order valence-corrected chi connectivity index (χ0v) is 17.8. The highest BCUT2D eigenvalue weighted by Crippen LogP contribution is 2.31. The maximum atomic E-state index is 12.6. The Morgan fingerprint density at radius 1 is 1.10 bits per heavy atom. The van der Waals surface area contributed by atoms with Crippen molar-refractivity contribution in [2.45, 2.75) is 12.3 Å². The third kappa shape index (κ3) is 4.03. The number of nitrogens with one attached hydrogen (secondary N) is 1. The van der Waals surface area contributed by atoms with Crippen molar-refractivity contribution in [3.63, 3.8) is 0 Å². The first-order valence-corrected chi connectivity index (χ1v) is 10.0. The Balaban J connectivity index is 1.93. The molecule has 0 spiro atoms. The minimum atomic E-state index is -0.797. The van der Waals surface area contributed by atoms with Crippen molar-refractivity contribution in [1.82, 2.24) is 20.1 Å². The van der Waals surface area contributed by atoms with Crippen molar-refractivity contribution < 1.29 is 9.59 Å². The van der Waals surface area contributed by atoms with Crippen molar-refractivity contribution in [2.75, 3.05) is 0 Å². The lowest BCUT2D eigenvalue weighted by Gasteiger charge is -2.23. The first kappa shape index (κ1) is 21.0. The molecule has 2 amide bonds. The Hall–Kier alpha value is -3.25. The Kier molecular flexibility index (Phi) is 5.74. The largest absolute Gasteiger partial charge is 0.290 e. The van der Waals surface area contributed by atoms with Gasteiger partial charge in [0.25, 0.3) is 11.5 Å². The Morgan fingerprint density at radius 2 is 1.81 bits per heavy atom. The Bertz CT molecular complexity index is 1330. The number of nitrogens with zero attached hydrogens (tertiary/aromatic N) is 5. The van der Waals surface area contributed by atoms with Crippen LogP contribution in [0.15, 0.2) is 47.5 Å². The smallest absolute Gasteiger partial charge is 0.280 e. The molecule has 154 valence electrons. The van der Waals surface area contributed by atoms with Crippen LogP contribution in [0.25, 0.3) is 5.69 Å². The van der Waals surface area contributed by atoms with Crippen LogP contribution in [0.5, 0.6) is 0 Å². The number of fused-ring (bicyclic) bond motifs is 1. The molecule has 0 fully saturated rings. The molecular weight excluding hydrogens is 463 g/mol. The van der Waals surface area contributed by atoms with Crippen molar-refractivity contribution in [3.8, 4) is 11.9 Å². The number of hydrogen-bond acceptors (Lipinski definition) is 6. The Labute approximate surface area is 190 Å². The quantitative estimate of drug-likeness (QED) is 0.356. The molecule has 31 heavy (non-hydrogen) atoms. The summed E-state index contributed by atoms with van der Waals surface area (Å²) in [5, 5.41) is 16.3. The molecule has 1 aliphatic heterocycles. The number of halogens is 3. The maximum absolute atomic E-state index is 12.6. The van der Waals surface area contributed by atoms with E-state index in [0.29, 0.717) is 0 Å². The molecule has 0 saturated carbocycles. The summed E-state index contributed by atoms with van der Waals surface area (Å²) in [6.07, 6.45) is 1.93. The van der Waals surface area contributed by atoms with Gasteiger partial charge in [0.05, 0.1) is 32.4 Å². The van der Waals surface area contributed by atoms with E-state index in [2.05, 4.69) is 20.4 Å². The van der Waals surface area contributed by atoms with Crippen molar-refractivity contribution in [1.29, 1.82) is 5.26 Å². The number of hydrogen-bond donors (Lipinski definition) is 1. The number of carbonyl (C=O) groups excluding carboxylic acids is 2. The van der Waals surface area contributed by atoms with Crippen molar-refractivity contribution >= 4 is 46.6 Å². The summed E-state index contributed by atoms with van der Waals surface area (Å²) in [4.78, 5) is 33.1. The minimum Gasteiger partial charge on any atom is -0.290 e. The lowest BCUT2D eigenvalue weighted by molar-refractivity contribution is -0.122. The molecule has 1 unspecified atom stereocenters. The van der Waals surface area contributed by atoms with E-state index in [1.54, 1.807) is 6.19 Å². The molecule has 0 saturated heterocycles. The highest BCUT2D eigenvalue weighted by atomic mass is 35.5. The summed E-state index contributed by atoms with van der Waals surface area (Å²) in [7, 11) is 0. The van der Waals surface area contributed by atoms with E-state index in [9.17, 15) is 9.59 Å². The predicted molar refractivity (Wildman–Crippen MR) is 113 cm³/mol. The van der Waals surface area contributed by atoms with Crippen LogP contribution in [0.2, 0.25) is 15.1 Å². The fraction of sp³-hybridized carbons (Fsp3) is 0.100. The molecular formula is C20H11Cl3N6O2. The number of carbonyl (C=O) groups is 2. The Morgan fingerprint density at radius 3 is 2.52 bits per heavy atom. The molecule has 1 atom stereocenters. The van der Waals surface area contributed by atoms with Gasteiger partial charge in [0, 0.05) is 0 Å². The van der Waals surface area contributed by atoms with Crippen LogP contribution in [0.3, 0.4) is 0 Å². The molecule has 3 aromatic rings. The van der Waals surface area contributed by atoms with E-state index in [-0.39, 0.29) is 44.2 Å². The second kappa shape index (κ2) is 8.47. The van der Waals surface area contributed by atoms with E-state index >= 15 is 0 Å². The summed E-state index contributed by atoms with van der Waals surface area (Å²) in [5.41, 5.74) is 0.957. The second-order valence-electron chi connectivity index (χ2n) is 6.55. The molecule has 1 aromatic heterocycles. The molecule has 2 heterocycles. The summed E-state index contributed by atoms with van der Waals surface area (Å²) >= 11 is 18.4. The van der Waals surface area contributed by atoms with Gasteiger partial charge < -0.3 is 0 Å². The molecule has 2 aromatic carbocycles. The molecule has 0 aliphatic carbocycles. The van der Waals surface area contributed by atoms with Crippen LogP contribution >= 0.6 is 34.8 Å². The molecule has 8 nitrogen and oxygen atoms in total. The van der Waals surface area contributed by atoms with E-state index < -0.39 is 17.7 Å². The lowest BCUT2D eigenvalue weighted by atomic mass is 9.91. The third-order valence-corrected chi connectivity index (χ3v) is 5.63. The molecule has 1 aliphatic rings. The van der Waals surface area contributed by atoms with Gasteiger partial charge in [-0.2, -0.15) is 15.0 Å². The van der Waals surface area contributed by atoms with Crippen LogP contribution < -0.4 is 10.9 Å². The molecule has 1 N–H and O–H groups in total. The average Bonchev–Trinajstić information content (AvgIpc) is 2.74. The monoisotopic (exact) mass is 472 g/mol. The standard InChI is InChI=1S/C20H11Cl3N6O2/c21-12-7-14(23)15(8-13(12)22)29-20(25-9-24)26-16-11(6-10-4-2-1-3-5-10)18(30)27-19(31)17(16)28-29/h1-5,7-8,11H,6H2,(H,27,30,31). The summed E-state index contributed by atoms with van der Waals surface area (Å²) < 4.78 is 1.11. The van der Waals surface area contributed by atoms with Gasteiger partial charge >= 0.3 is 0 Å². The summed E-state index contributed by atoms with van der Waals surface area (Å²) in [6, 6.07) is 12.1. The first-order chi connectivity index (χ1) is 14.9. The van der Waals surface area contributed by atoms with Crippen LogP contribution in [0.4, 0.5) is 0 Å². The van der Waals surface area contributed by atoms with E-state index in [1.165, 1.54) is 12.1 Å². The van der Waals surface area contributed by atoms with Gasteiger partial charge in [-0.05, 0) is 24.1 Å². The number of aromatic nitrogens is 3. The van der Waals surface area contributed by atoms with Gasteiger partial charge in [0.1, 0.15) is 0 Å². The van der Waals surface area contributed by atoms with Crippen LogP contribution in [0.1, 0.15) is 27.7 Å². The zero-order chi connectivity index (χ0) is 22.1. The van der Waals surface area contributed by atoms with Gasteiger partial charge in [-0.3, -0.25) is 14.9 Å². The predicted octanol–water partition coefficient (Wildman–Crippen LogP) is 3.21. The lowest BCUT2D eigenvalue weighted by Crippen LogP contribution is -2.45.